The Hall–Kier alpha value is -3.66. The van der Waals surface area contributed by atoms with Crippen molar-refractivity contribution in [2.75, 3.05) is 0 Å². The van der Waals surface area contributed by atoms with Crippen molar-refractivity contribution in [2.45, 2.75) is 107 Å². The molecule has 5 heteroatoms. The molecule has 2 aromatic carbocycles. The van der Waals surface area contributed by atoms with E-state index in [4.69, 9.17) is 20.9 Å². The van der Waals surface area contributed by atoms with E-state index in [1.54, 1.807) is 84.1 Å². The second-order valence-electron chi connectivity index (χ2n) is 15.4. The summed E-state index contributed by atoms with van der Waals surface area (Å²) in [5.41, 5.74) is 2.10. The van der Waals surface area contributed by atoms with Gasteiger partial charge in [0.2, 0.25) is 5.71 Å². The van der Waals surface area contributed by atoms with Gasteiger partial charge in [-0.25, -0.2) is 4.98 Å². The van der Waals surface area contributed by atoms with Crippen LogP contribution in [-0.4, -0.2) is 15.0 Å². The fraction of sp³-hybridized carbons (Fsp3) is 0.413. The van der Waals surface area contributed by atoms with E-state index in [0.29, 0.717) is 39.0 Å². The van der Waals surface area contributed by atoms with Crippen molar-refractivity contribution in [2.24, 2.45) is 16.2 Å². The van der Waals surface area contributed by atoms with E-state index in [-0.39, 0.29) is 48.2 Å². The molecule has 0 N–H and O–H groups in total. The van der Waals surface area contributed by atoms with Crippen LogP contribution in [0, 0.1) is 42.1 Å². The van der Waals surface area contributed by atoms with E-state index in [0.717, 1.165) is 31.1 Å². The molecule has 0 spiro atoms. The molecule has 4 nitrogen and oxygen atoms in total. The van der Waals surface area contributed by atoms with Gasteiger partial charge in [0.1, 0.15) is 0 Å². The molecule has 1 aliphatic rings. The van der Waals surface area contributed by atoms with Gasteiger partial charge in [0.15, 0.2) is 0 Å². The van der Waals surface area contributed by atoms with Crippen molar-refractivity contribution in [3.05, 3.63) is 113 Å². The third-order valence-corrected chi connectivity index (χ3v) is 8.48. The Morgan fingerprint density at radius 3 is 2.29 bits per heavy atom. The number of fused-ring (bicyclic) bond motifs is 3. The van der Waals surface area contributed by atoms with Gasteiger partial charge in [-0.2, -0.15) is 0 Å². The van der Waals surface area contributed by atoms with Gasteiger partial charge in [0.05, 0.1) is 5.58 Å². The summed E-state index contributed by atoms with van der Waals surface area (Å²) in [6.45, 7) is 8.14. The second-order valence-corrected chi connectivity index (χ2v) is 15.4. The first-order valence-electron chi connectivity index (χ1n) is 23.2. The zero-order chi connectivity index (χ0) is 46.1. The fourth-order valence-electron chi connectivity index (χ4n) is 6.28. The van der Waals surface area contributed by atoms with E-state index >= 15 is 0 Å². The van der Waals surface area contributed by atoms with Crippen molar-refractivity contribution in [3.63, 3.8) is 0 Å². The number of aryl methyl sites for hydroxylation is 2. The molecule has 1 aliphatic carbocycles. The smallest absolute Gasteiger partial charge is 0.216 e. The topological polar surface area (TPSA) is 51.8 Å². The number of aromatic nitrogens is 3. The Balaban J connectivity index is 0.000000235. The molecular weight excluding hydrogens is 803 g/mol. The predicted molar refractivity (Wildman–Crippen MR) is 208 cm³/mol. The average Bonchev–Trinajstić information content (AvgIpc) is 3.81. The maximum absolute atomic E-state index is 8.90. The SMILES string of the molecule is [2H]C([2H])([2H])c1c[c-]c(-c2cc(C([2H])([2H])C(C)(C)C)c(C([2H])([2H])C(C)(C)C)cn2)cc1.[2H]C([2H])([2H])c1ccc2c(n1)oc1c(-c3cc(C([2H])([2H])C4(C)CCCC4)ccn3)[c-]ccc12.[Ir]. The molecule has 51 heavy (non-hydrogen) atoms. The average molecular weight is 868 g/mol. The third kappa shape index (κ3) is 9.82. The van der Waals surface area contributed by atoms with Gasteiger partial charge in [0.25, 0.3) is 0 Å². The zero-order valence-corrected chi connectivity index (χ0v) is 32.7. The van der Waals surface area contributed by atoms with Crippen LogP contribution in [0.15, 0.2) is 77.5 Å². The molecule has 0 aliphatic heterocycles. The fourth-order valence-corrected chi connectivity index (χ4v) is 6.28. The Bertz CT molecular complexity index is 2580. The summed E-state index contributed by atoms with van der Waals surface area (Å²) in [4.78, 5) is 13.1. The van der Waals surface area contributed by atoms with Gasteiger partial charge < -0.3 is 14.4 Å². The standard InChI is InChI=1S/C24H23N2O.C22H30N.Ir/c1-16-8-9-19-18-6-5-7-20(22(18)27-23(19)26-16)21-14-17(10-13-25-21)15-24(2)11-3-4-12-24;1-16-8-10-17(11-9-16)20-12-18(13-21(2,3)4)19(15-23-20)14-22(5,6)7;/h5-6,8-10,13-14H,3-4,11-12,15H2,1-2H3;8-10,12,15H,13-14H2,1-7H3;/q2*-1;/i1D3,15D2;1D3,13D2,14D2;. The van der Waals surface area contributed by atoms with Gasteiger partial charge >= 0.3 is 0 Å². The molecule has 1 saturated carbocycles. The van der Waals surface area contributed by atoms with Crippen LogP contribution in [0.4, 0.5) is 0 Å². The van der Waals surface area contributed by atoms with Crippen molar-refractivity contribution >= 4 is 22.1 Å². The summed E-state index contributed by atoms with van der Waals surface area (Å²) in [6.07, 6.45) is 1.71. The minimum Gasteiger partial charge on any atom is -0.486 e. The van der Waals surface area contributed by atoms with Crippen LogP contribution in [0.2, 0.25) is 0 Å². The number of hydrogen-bond donors (Lipinski definition) is 0. The van der Waals surface area contributed by atoms with Gasteiger partial charge in [0, 0.05) is 60.0 Å². The second kappa shape index (κ2) is 15.5. The summed E-state index contributed by atoms with van der Waals surface area (Å²) >= 11 is 0. The molecule has 0 unspecified atom stereocenters. The van der Waals surface area contributed by atoms with Crippen molar-refractivity contribution in [3.8, 4) is 22.5 Å². The van der Waals surface area contributed by atoms with Gasteiger partial charge in [-0.15, -0.1) is 53.6 Å². The third-order valence-electron chi connectivity index (χ3n) is 8.48. The van der Waals surface area contributed by atoms with Crippen LogP contribution in [-0.2, 0) is 39.2 Å². The molecule has 0 saturated heterocycles. The quantitative estimate of drug-likeness (QED) is 0.157. The van der Waals surface area contributed by atoms with Crippen LogP contribution in [0.25, 0.3) is 44.6 Å². The zero-order valence-electron chi connectivity index (χ0n) is 42.3. The van der Waals surface area contributed by atoms with Gasteiger partial charge in [-0.05, 0) is 95.8 Å². The van der Waals surface area contributed by atoms with Crippen LogP contribution >= 0.6 is 0 Å². The molecule has 1 fully saturated rings. The van der Waals surface area contributed by atoms with E-state index in [1.807, 2.05) is 13.0 Å². The number of pyridine rings is 3. The van der Waals surface area contributed by atoms with Crippen LogP contribution in [0.3, 0.4) is 0 Å². The summed E-state index contributed by atoms with van der Waals surface area (Å²) in [7, 11) is 0. The van der Waals surface area contributed by atoms with E-state index < -0.39 is 49.1 Å². The maximum Gasteiger partial charge on any atom is 0.216 e. The van der Waals surface area contributed by atoms with Crippen molar-refractivity contribution in [1.82, 2.24) is 15.0 Å². The molecule has 6 aromatic rings. The summed E-state index contributed by atoms with van der Waals surface area (Å²) < 4.78 is 104. The largest absolute Gasteiger partial charge is 0.486 e. The molecule has 269 valence electrons. The van der Waals surface area contributed by atoms with Crippen molar-refractivity contribution < 1.29 is 41.0 Å². The molecule has 4 aromatic heterocycles. The summed E-state index contributed by atoms with van der Waals surface area (Å²) in [5.74, 6) is 0. The molecule has 0 amide bonds. The molecule has 1 radical (unpaired) electrons. The maximum atomic E-state index is 8.90. The number of rotatable bonds is 6. The summed E-state index contributed by atoms with van der Waals surface area (Å²) in [6, 6.07) is 22.5. The Morgan fingerprint density at radius 2 is 1.61 bits per heavy atom. The van der Waals surface area contributed by atoms with Gasteiger partial charge in [-0.1, -0.05) is 96.8 Å². The molecule has 0 atom stereocenters. The Kier molecular flexibility index (Phi) is 7.71. The van der Waals surface area contributed by atoms with E-state index in [1.165, 1.54) is 24.4 Å². The van der Waals surface area contributed by atoms with Crippen molar-refractivity contribution in [1.29, 1.82) is 0 Å². The van der Waals surface area contributed by atoms with Crippen LogP contribution in [0.5, 0.6) is 0 Å². The van der Waals surface area contributed by atoms with Crippen LogP contribution in [0.1, 0.15) is 119 Å². The van der Waals surface area contributed by atoms with E-state index in [2.05, 4.69) is 27.1 Å². The van der Waals surface area contributed by atoms with Crippen LogP contribution < -0.4 is 0 Å². The first-order valence-corrected chi connectivity index (χ1v) is 17.2. The Labute approximate surface area is 336 Å². The number of furan rings is 1. The minimum atomic E-state index is -2.32. The number of hydrogen-bond acceptors (Lipinski definition) is 4. The number of benzene rings is 2. The number of nitrogens with zero attached hydrogens (tertiary/aromatic N) is 3. The molecule has 0 bridgehead atoms. The van der Waals surface area contributed by atoms with E-state index in [9.17, 15) is 0 Å². The normalized spacial score (nSPS) is 19.1. The Morgan fingerprint density at radius 1 is 0.843 bits per heavy atom. The summed E-state index contributed by atoms with van der Waals surface area (Å²) in [5, 5.41) is 1.50. The van der Waals surface area contributed by atoms with Gasteiger partial charge in [-0.3, -0.25) is 0 Å². The first kappa shape index (κ1) is 25.3. The molecular formula is C46H53IrN3O-2. The predicted octanol–water partition coefficient (Wildman–Crippen LogP) is 12.3. The molecule has 4 heterocycles. The minimum absolute atomic E-state index is 0. The molecule has 7 rings (SSSR count). The first-order chi connectivity index (χ1) is 28.4. The monoisotopic (exact) mass is 868 g/mol.